The number of hydrogen-bond donors (Lipinski definition) is 1. The fraction of sp³-hybridized carbons (Fsp3) is 0.150. The SMILES string of the molecule is Cc1ccccc1/C=C1\N=C(SCCC(=O)O)N(c2ccccc2)C1=O. The highest BCUT2D eigenvalue weighted by Crippen LogP contribution is 2.29. The molecule has 0 atom stereocenters. The standard InChI is InChI=1S/C20H18N2O3S/c1-14-7-5-6-8-15(14)13-17-19(25)22(16-9-3-2-4-10-16)20(21-17)26-12-11-18(23)24/h2-10,13H,11-12H2,1H3,(H,23,24)/b17-13-. The Morgan fingerprint density at radius 3 is 2.54 bits per heavy atom. The molecular weight excluding hydrogens is 348 g/mol. The number of carbonyl (C=O) groups excluding carboxylic acids is 1. The normalized spacial score (nSPS) is 15.4. The second-order valence-corrected chi connectivity index (χ2v) is 6.81. The molecule has 1 heterocycles. The molecule has 0 saturated heterocycles. The smallest absolute Gasteiger partial charge is 0.304 e. The first-order chi connectivity index (χ1) is 12.6. The van der Waals surface area contributed by atoms with Crippen molar-refractivity contribution < 1.29 is 14.7 Å². The number of anilines is 1. The lowest BCUT2D eigenvalue weighted by Crippen LogP contribution is -2.30. The number of aliphatic carboxylic acids is 1. The zero-order valence-corrected chi connectivity index (χ0v) is 15.1. The Morgan fingerprint density at radius 1 is 1.15 bits per heavy atom. The fourth-order valence-corrected chi connectivity index (χ4v) is 3.46. The summed E-state index contributed by atoms with van der Waals surface area (Å²) >= 11 is 1.27. The molecule has 5 nitrogen and oxygen atoms in total. The molecule has 1 aliphatic rings. The number of hydrogen-bond acceptors (Lipinski definition) is 4. The van der Waals surface area contributed by atoms with Crippen molar-refractivity contribution >= 4 is 40.6 Å². The number of amides is 1. The Morgan fingerprint density at radius 2 is 1.85 bits per heavy atom. The van der Waals surface area contributed by atoms with Crippen LogP contribution in [0.15, 0.2) is 65.3 Å². The van der Waals surface area contributed by atoms with E-state index < -0.39 is 5.97 Å². The average molecular weight is 366 g/mol. The number of nitrogens with zero attached hydrogens (tertiary/aromatic N) is 2. The van der Waals surface area contributed by atoms with E-state index in [0.29, 0.717) is 22.3 Å². The predicted octanol–water partition coefficient (Wildman–Crippen LogP) is 3.95. The van der Waals surface area contributed by atoms with Gasteiger partial charge in [0.15, 0.2) is 5.17 Å². The van der Waals surface area contributed by atoms with Crippen LogP contribution in [0, 0.1) is 6.92 Å². The zero-order chi connectivity index (χ0) is 18.5. The van der Waals surface area contributed by atoms with Gasteiger partial charge in [0, 0.05) is 5.75 Å². The van der Waals surface area contributed by atoms with Crippen molar-refractivity contribution in [3.05, 3.63) is 71.4 Å². The van der Waals surface area contributed by atoms with Gasteiger partial charge in [-0.05, 0) is 36.3 Å². The third-order valence-corrected chi connectivity index (χ3v) is 4.81. The van der Waals surface area contributed by atoms with Gasteiger partial charge in [-0.3, -0.25) is 14.5 Å². The van der Waals surface area contributed by atoms with Crippen molar-refractivity contribution in [2.24, 2.45) is 4.99 Å². The molecule has 132 valence electrons. The van der Waals surface area contributed by atoms with Crippen LogP contribution in [0.4, 0.5) is 5.69 Å². The van der Waals surface area contributed by atoms with Crippen LogP contribution in [0.1, 0.15) is 17.5 Å². The highest BCUT2D eigenvalue weighted by molar-refractivity contribution is 8.14. The first-order valence-electron chi connectivity index (χ1n) is 8.16. The van der Waals surface area contributed by atoms with Gasteiger partial charge >= 0.3 is 5.97 Å². The monoisotopic (exact) mass is 366 g/mol. The summed E-state index contributed by atoms with van der Waals surface area (Å²) in [5.41, 5.74) is 3.05. The van der Waals surface area contributed by atoms with Crippen LogP contribution >= 0.6 is 11.8 Å². The van der Waals surface area contributed by atoms with E-state index in [1.165, 1.54) is 16.7 Å². The van der Waals surface area contributed by atoms with Crippen LogP contribution in [0.25, 0.3) is 6.08 Å². The van der Waals surface area contributed by atoms with Gasteiger partial charge in [-0.15, -0.1) is 0 Å². The molecule has 1 aliphatic heterocycles. The summed E-state index contributed by atoms with van der Waals surface area (Å²) in [6.07, 6.45) is 1.79. The number of rotatable bonds is 5. The molecule has 6 heteroatoms. The van der Waals surface area contributed by atoms with Crippen molar-refractivity contribution in [2.45, 2.75) is 13.3 Å². The lowest BCUT2D eigenvalue weighted by molar-refractivity contribution is -0.136. The number of carbonyl (C=O) groups is 2. The third-order valence-electron chi connectivity index (χ3n) is 3.87. The van der Waals surface area contributed by atoms with Gasteiger partial charge in [0.2, 0.25) is 0 Å². The number of carboxylic acids is 1. The van der Waals surface area contributed by atoms with E-state index in [4.69, 9.17) is 5.11 Å². The minimum Gasteiger partial charge on any atom is -0.481 e. The molecule has 1 amide bonds. The summed E-state index contributed by atoms with van der Waals surface area (Å²) < 4.78 is 0. The molecule has 0 spiro atoms. The molecule has 1 N–H and O–H groups in total. The molecule has 2 aromatic rings. The second kappa shape index (κ2) is 8.01. The summed E-state index contributed by atoms with van der Waals surface area (Å²) in [6, 6.07) is 17.0. The summed E-state index contributed by atoms with van der Waals surface area (Å²) in [6.45, 7) is 1.98. The minimum absolute atomic E-state index is 0.0113. The summed E-state index contributed by atoms with van der Waals surface area (Å²) in [7, 11) is 0. The fourth-order valence-electron chi connectivity index (χ4n) is 2.52. The highest BCUT2D eigenvalue weighted by atomic mass is 32.2. The van der Waals surface area contributed by atoms with Crippen molar-refractivity contribution in [3.63, 3.8) is 0 Å². The van der Waals surface area contributed by atoms with E-state index in [1.54, 1.807) is 6.08 Å². The Bertz CT molecular complexity index is 891. The number of benzene rings is 2. The lowest BCUT2D eigenvalue weighted by atomic mass is 10.1. The molecule has 0 bridgehead atoms. The summed E-state index contributed by atoms with van der Waals surface area (Å²) in [5, 5.41) is 9.36. The van der Waals surface area contributed by atoms with Crippen molar-refractivity contribution in [2.75, 3.05) is 10.7 Å². The van der Waals surface area contributed by atoms with Gasteiger partial charge in [0.1, 0.15) is 5.70 Å². The van der Waals surface area contributed by atoms with Crippen LogP contribution in [0.3, 0.4) is 0 Å². The van der Waals surface area contributed by atoms with Gasteiger partial charge in [0.05, 0.1) is 12.1 Å². The molecule has 0 aromatic heterocycles. The van der Waals surface area contributed by atoms with Crippen LogP contribution in [0.5, 0.6) is 0 Å². The van der Waals surface area contributed by atoms with Crippen LogP contribution in [-0.2, 0) is 9.59 Å². The highest BCUT2D eigenvalue weighted by Gasteiger charge is 2.31. The Kier molecular flexibility index (Phi) is 5.53. The van der Waals surface area contributed by atoms with E-state index in [9.17, 15) is 9.59 Å². The van der Waals surface area contributed by atoms with Crippen LogP contribution < -0.4 is 4.90 Å². The zero-order valence-electron chi connectivity index (χ0n) is 14.3. The number of para-hydroxylation sites is 1. The van der Waals surface area contributed by atoms with Gasteiger partial charge in [-0.25, -0.2) is 4.99 Å². The van der Waals surface area contributed by atoms with Crippen molar-refractivity contribution in [1.29, 1.82) is 0 Å². The largest absolute Gasteiger partial charge is 0.481 e. The van der Waals surface area contributed by atoms with E-state index in [0.717, 1.165) is 11.1 Å². The maximum atomic E-state index is 12.9. The number of thioether (sulfide) groups is 1. The number of aryl methyl sites for hydroxylation is 1. The molecule has 26 heavy (non-hydrogen) atoms. The number of aliphatic imine (C=N–C) groups is 1. The van der Waals surface area contributed by atoms with E-state index >= 15 is 0 Å². The Labute approximate surface area is 156 Å². The molecule has 2 aromatic carbocycles. The minimum atomic E-state index is -0.871. The molecular formula is C20H18N2O3S. The maximum Gasteiger partial charge on any atom is 0.304 e. The average Bonchev–Trinajstić information content (AvgIpc) is 2.93. The van der Waals surface area contributed by atoms with Gasteiger partial charge in [-0.2, -0.15) is 0 Å². The number of carboxylic acid groups (broad SMARTS) is 1. The van der Waals surface area contributed by atoms with Gasteiger partial charge in [0.25, 0.3) is 5.91 Å². The summed E-state index contributed by atoms with van der Waals surface area (Å²) in [5.74, 6) is -0.732. The molecule has 0 radical (unpaired) electrons. The van der Waals surface area contributed by atoms with E-state index in [2.05, 4.69) is 4.99 Å². The lowest BCUT2D eigenvalue weighted by Gasteiger charge is -2.17. The molecule has 0 saturated carbocycles. The topological polar surface area (TPSA) is 70.0 Å². The summed E-state index contributed by atoms with van der Waals surface area (Å²) in [4.78, 5) is 29.8. The predicted molar refractivity (Wildman–Crippen MR) is 105 cm³/mol. The van der Waals surface area contributed by atoms with E-state index in [-0.39, 0.29) is 12.3 Å². The Hall–Kier alpha value is -2.86. The number of amidine groups is 1. The van der Waals surface area contributed by atoms with Crippen molar-refractivity contribution in [3.8, 4) is 0 Å². The van der Waals surface area contributed by atoms with Crippen LogP contribution in [0.2, 0.25) is 0 Å². The molecule has 0 fully saturated rings. The van der Waals surface area contributed by atoms with E-state index in [1.807, 2.05) is 61.5 Å². The van der Waals surface area contributed by atoms with Gasteiger partial charge < -0.3 is 5.11 Å². The first kappa shape index (κ1) is 17.9. The maximum absolute atomic E-state index is 12.9. The first-order valence-corrected chi connectivity index (χ1v) is 9.15. The van der Waals surface area contributed by atoms with Crippen LogP contribution in [-0.4, -0.2) is 27.9 Å². The van der Waals surface area contributed by atoms with Gasteiger partial charge in [-0.1, -0.05) is 54.2 Å². The quantitative estimate of drug-likeness (QED) is 0.814. The second-order valence-electron chi connectivity index (χ2n) is 5.75. The van der Waals surface area contributed by atoms with Crippen molar-refractivity contribution in [1.82, 2.24) is 0 Å². The molecule has 0 aliphatic carbocycles. The molecule has 3 rings (SSSR count). The Balaban J connectivity index is 1.94. The third kappa shape index (κ3) is 4.03. The molecule has 0 unspecified atom stereocenters.